The summed E-state index contributed by atoms with van der Waals surface area (Å²) < 4.78 is 0. The Bertz CT molecular complexity index is 755. The van der Waals surface area contributed by atoms with Crippen LogP contribution in [0.1, 0.15) is 28.9 Å². The molecule has 1 saturated heterocycles. The number of carboxylic acids is 1. The van der Waals surface area contributed by atoms with Crippen molar-refractivity contribution in [2.24, 2.45) is 0 Å². The summed E-state index contributed by atoms with van der Waals surface area (Å²) >= 11 is 0. The summed E-state index contributed by atoms with van der Waals surface area (Å²) in [5, 5.41) is 9.78. The Kier molecular flexibility index (Phi) is 4.16. The van der Waals surface area contributed by atoms with Gasteiger partial charge in [0.25, 0.3) is 5.91 Å². The molecule has 1 aromatic heterocycles. The van der Waals surface area contributed by atoms with Gasteiger partial charge in [-0.25, -0.2) is 9.97 Å². The van der Waals surface area contributed by atoms with Crippen LogP contribution in [0, 0.1) is 0 Å². The number of rotatable bonds is 3. The van der Waals surface area contributed by atoms with Gasteiger partial charge >= 0.3 is 5.97 Å². The molecule has 0 unspecified atom stereocenters. The van der Waals surface area contributed by atoms with E-state index in [1.54, 1.807) is 4.90 Å². The molecular weight excluding hydrogens is 308 g/mol. The zero-order valence-corrected chi connectivity index (χ0v) is 13.1. The molecule has 1 aliphatic rings. The van der Waals surface area contributed by atoms with Gasteiger partial charge in [-0.2, -0.15) is 0 Å². The predicted octanol–water partition coefficient (Wildman–Crippen LogP) is 1.32. The smallest absolute Gasteiger partial charge is 0.314 e. The van der Waals surface area contributed by atoms with Gasteiger partial charge in [-0.05, 0) is 18.4 Å². The number of benzene rings is 1. The highest BCUT2D eigenvalue weighted by atomic mass is 16.4. The van der Waals surface area contributed by atoms with Gasteiger partial charge in [0, 0.05) is 25.5 Å². The molecule has 7 nitrogen and oxygen atoms in total. The van der Waals surface area contributed by atoms with E-state index in [0.717, 1.165) is 5.56 Å². The summed E-state index contributed by atoms with van der Waals surface area (Å²) in [5.74, 6) is -1.09. The first-order chi connectivity index (χ1) is 11.5. The first kappa shape index (κ1) is 15.9. The van der Waals surface area contributed by atoms with Crippen LogP contribution < -0.4 is 5.73 Å². The summed E-state index contributed by atoms with van der Waals surface area (Å²) in [4.78, 5) is 33.9. The van der Waals surface area contributed by atoms with Crippen molar-refractivity contribution < 1.29 is 14.7 Å². The van der Waals surface area contributed by atoms with E-state index in [4.69, 9.17) is 5.73 Å². The number of hydrogen-bond donors (Lipinski definition) is 2. The van der Waals surface area contributed by atoms with E-state index in [1.807, 2.05) is 30.3 Å². The second-order valence-corrected chi connectivity index (χ2v) is 5.84. The van der Waals surface area contributed by atoms with Gasteiger partial charge in [0.1, 0.15) is 0 Å². The molecule has 0 aliphatic carbocycles. The largest absolute Gasteiger partial charge is 0.481 e. The first-order valence-electron chi connectivity index (χ1n) is 7.69. The molecule has 0 bridgehead atoms. The molecule has 0 saturated carbocycles. The fourth-order valence-electron chi connectivity index (χ4n) is 3.14. The number of nitrogens with zero attached hydrogens (tertiary/aromatic N) is 3. The zero-order valence-electron chi connectivity index (χ0n) is 13.1. The molecule has 2 aromatic rings. The van der Waals surface area contributed by atoms with Gasteiger partial charge < -0.3 is 15.7 Å². The fourth-order valence-corrected chi connectivity index (χ4v) is 3.14. The third kappa shape index (κ3) is 2.68. The molecule has 24 heavy (non-hydrogen) atoms. The number of aliphatic carboxylic acids is 1. The molecule has 0 atom stereocenters. The van der Waals surface area contributed by atoms with Crippen molar-refractivity contribution >= 4 is 17.7 Å². The summed E-state index contributed by atoms with van der Waals surface area (Å²) in [6, 6.07) is 9.17. The van der Waals surface area contributed by atoms with Crippen molar-refractivity contribution in [3.8, 4) is 0 Å². The summed E-state index contributed by atoms with van der Waals surface area (Å²) in [6.07, 6.45) is 3.53. The molecule has 3 rings (SSSR count). The van der Waals surface area contributed by atoms with E-state index in [0.29, 0.717) is 25.9 Å². The van der Waals surface area contributed by atoms with Crippen LogP contribution in [0.25, 0.3) is 0 Å². The van der Waals surface area contributed by atoms with Gasteiger partial charge in [-0.1, -0.05) is 30.3 Å². The van der Waals surface area contributed by atoms with Gasteiger partial charge in [0.05, 0.1) is 5.41 Å². The molecule has 1 aromatic carbocycles. The maximum Gasteiger partial charge on any atom is 0.314 e. The lowest BCUT2D eigenvalue weighted by Crippen LogP contribution is -2.49. The molecule has 1 amide bonds. The van der Waals surface area contributed by atoms with Crippen molar-refractivity contribution in [3.05, 3.63) is 54.0 Å². The number of carbonyl (C=O) groups excluding carboxylic acids is 1. The number of aromatic nitrogens is 2. The van der Waals surface area contributed by atoms with Gasteiger partial charge in [-0.15, -0.1) is 0 Å². The van der Waals surface area contributed by atoms with Crippen molar-refractivity contribution in [1.82, 2.24) is 14.9 Å². The maximum absolute atomic E-state index is 12.5. The van der Waals surface area contributed by atoms with Gasteiger partial charge in [-0.3, -0.25) is 9.59 Å². The fraction of sp³-hybridized carbons (Fsp3) is 0.294. The highest BCUT2D eigenvalue weighted by Gasteiger charge is 2.44. The average molecular weight is 326 g/mol. The van der Waals surface area contributed by atoms with Crippen molar-refractivity contribution in [1.29, 1.82) is 0 Å². The highest BCUT2D eigenvalue weighted by molar-refractivity contribution is 5.96. The standard InChI is InChI=1S/C17H18N4O3/c18-14-13(19-8-9-20-14)15(22)21-10-6-17(7-11-21,16(23)24)12-4-2-1-3-5-12/h1-5,8-9H,6-7,10-11H2,(H2,18,20)(H,23,24). The van der Waals surface area contributed by atoms with Crippen molar-refractivity contribution in [3.63, 3.8) is 0 Å². The average Bonchev–Trinajstić information content (AvgIpc) is 2.62. The molecule has 2 heterocycles. The Balaban J connectivity index is 1.80. The van der Waals surface area contributed by atoms with Crippen molar-refractivity contribution in [2.75, 3.05) is 18.8 Å². The Morgan fingerprint density at radius 1 is 1.08 bits per heavy atom. The molecule has 124 valence electrons. The van der Waals surface area contributed by atoms with Crippen LogP contribution in [0.15, 0.2) is 42.7 Å². The molecule has 1 aliphatic heterocycles. The number of likely N-dealkylation sites (tertiary alicyclic amines) is 1. The summed E-state index contributed by atoms with van der Waals surface area (Å²) in [5.41, 5.74) is 5.62. The minimum absolute atomic E-state index is 0.0839. The lowest BCUT2D eigenvalue weighted by atomic mass is 9.73. The number of carbonyl (C=O) groups is 2. The summed E-state index contributed by atoms with van der Waals surface area (Å²) in [6.45, 7) is 0.659. The van der Waals surface area contributed by atoms with Crippen LogP contribution in [-0.4, -0.2) is 44.9 Å². The van der Waals surface area contributed by atoms with E-state index < -0.39 is 11.4 Å². The Morgan fingerprint density at radius 2 is 1.71 bits per heavy atom. The monoisotopic (exact) mass is 326 g/mol. The lowest BCUT2D eigenvalue weighted by Gasteiger charge is -2.39. The zero-order chi connectivity index (χ0) is 17.2. The number of amides is 1. The molecule has 1 fully saturated rings. The van der Waals surface area contributed by atoms with Crippen LogP contribution in [-0.2, 0) is 10.2 Å². The summed E-state index contributed by atoms with van der Waals surface area (Å²) in [7, 11) is 0. The van der Waals surface area contributed by atoms with Gasteiger partial charge in [0.2, 0.25) is 0 Å². The first-order valence-corrected chi connectivity index (χ1v) is 7.69. The van der Waals surface area contributed by atoms with Crippen LogP contribution in [0.4, 0.5) is 5.82 Å². The number of anilines is 1. The third-order valence-electron chi connectivity index (χ3n) is 4.57. The van der Waals surface area contributed by atoms with E-state index in [-0.39, 0.29) is 17.4 Å². The normalized spacial score (nSPS) is 16.6. The number of carboxylic acid groups (broad SMARTS) is 1. The minimum atomic E-state index is -0.966. The number of piperidine rings is 1. The third-order valence-corrected chi connectivity index (χ3v) is 4.57. The molecule has 3 N–H and O–H groups in total. The van der Waals surface area contributed by atoms with E-state index in [1.165, 1.54) is 12.4 Å². The van der Waals surface area contributed by atoms with Crippen molar-refractivity contribution in [2.45, 2.75) is 18.3 Å². The molecule has 7 heteroatoms. The second kappa shape index (κ2) is 6.27. The number of nitrogen functional groups attached to an aromatic ring is 1. The predicted molar refractivity (Wildman–Crippen MR) is 87.3 cm³/mol. The van der Waals surface area contributed by atoms with E-state index >= 15 is 0 Å². The minimum Gasteiger partial charge on any atom is -0.481 e. The Morgan fingerprint density at radius 3 is 2.29 bits per heavy atom. The van der Waals surface area contributed by atoms with Crippen LogP contribution in [0.2, 0.25) is 0 Å². The van der Waals surface area contributed by atoms with Gasteiger partial charge in [0.15, 0.2) is 11.5 Å². The Labute approximate surface area is 139 Å². The van der Waals surface area contributed by atoms with Crippen LogP contribution >= 0.6 is 0 Å². The lowest BCUT2D eigenvalue weighted by molar-refractivity contribution is -0.145. The number of nitrogens with two attached hydrogens (primary N) is 1. The second-order valence-electron chi connectivity index (χ2n) is 5.84. The quantitative estimate of drug-likeness (QED) is 0.880. The van der Waals surface area contributed by atoms with E-state index in [2.05, 4.69) is 9.97 Å². The Hall–Kier alpha value is -2.96. The highest BCUT2D eigenvalue weighted by Crippen LogP contribution is 2.36. The number of hydrogen-bond acceptors (Lipinski definition) is 5. The SMILES string of the molecule is Nc1nccnc1C(=O)N1CCC(C(=O)O)(c2ccccc2)CC1. The van der Waals surface area contributed by atoms with Crippen LogP contribution in [0.3, 0.4) is 0 Å². The van der Waals surface area contributed by atoms with Crippen LogP contribution in [0.5, 0.6) is 0 Å². The maximum atomic E-state index is 12.5. The molecule has 0 spiro atoms. The molecule has 0 radical (unpaired) electrons. The molecular formula is C17H18N4O3. The van der Waals surface area contributed by atoms with E-state index in [9.17, 15) is 14.7 Å². The topological polar surface area (TPSA) is 109 Å².